The predicted molar refractivity (Wildman–Crippen MR) is 117 cm³/mol. The highest BCUT2D eigenvalue weighted by molar-refractivity contribution is 9.10. The maximum atomic E-state index is 12.3. The lowest BCUT2D eigenvalue weighted by molar-refractivity contribution is 0.215. The van der Waals surface area contributed by atoms with Crippen LogP contribution in [0.1, 0.15) is 24.8 Å². The van der Waals surface area contributed by atoms with Crippen LogP contribution in [0.4, 0.5) is 10.6 Å². The van der Waals surface area contributed by atoms with Crippen LogP contribution in [0.25, 0.3) is 16.6 Å². The minimum Gasteiger partial charge on any atom is -0.410 e. The number of halogens is 1. The molecule has 1 saturated heterocycles. The van der Waals surface area contributed by atoms with E-state index >= 15 is 0 Å². The molecule has 5 rings (SSSR count). The third-order valence-corrected chi connectivity index (χ3v) is 6.13. The van der Waals surface area contributed by atoms with Crippen molar-refractivity contribution in [3.05, 3.63) is 58.7 Å². The number of rotatable bonds is 3. The van der Waals surface area contributed by atoms with E-state index in [-0.39, 0.29) is 0 Å². The van der Waals surface area contributed by atoms with Gasteiger partial charge in [0.1, 0.15) is 11.6 Å². The van der Waals surface area contributed by atoms with E-state index in [1.165, 1.54) is 25.0 Å². The van der Waals surface area contributed by atoms with Crippen LogP contribution in [0.2, 0.25) is 0 Å². The van der Waals surface area contributed by atoms with E-state index in [1.807, 2.05) is 24.4 Å². The van der Waals surface area contributed by atoms with Crippen LogP contribution in [-0.2, 0) is 0 Å². The number of aromatic amines is 1. The fourth-order valence-electron chi connectivity index (χ4n) is 4.23. The zero-order valence-corrected chi connectivity index (χ0v) is 17.4. The normalized spacial score (nSPS) is 19.1. The Hall–Kier alpha value is -2.64. The van der Waals surface area contributed by atoms with Gasteiger partial charge in [-0.3, -0.25) is 10.2 Å². The second kappa shape index (κ2) is 7.65. The van der Waals surface area contributed by atoms with Gasteiger partial charge in [-0.2, -0.15) is 0 Å². The molecule has 2 aliphatic rings. The number of aromatic nitrogens is 2. The van der Waals surface area contributed by atoms with Gasteiger partial charge in [0, 0.05) is 28.8 Å². The Kier molecular flexibility index (Phi) is 4.85. The Morgan fingerprint density at radius 2 is 2.24 bits per heavy atom. The number of fused-ring (bicyclic) bond motifs is 2. The van der Waals surface area contributed by atoms with Crippen molar-refractivity contribution in [2.24, 2.45) is 0 Å². The first-order valence-corrected chi connectivity index (χ1v) is 10.6. The minimum absolute atomic E-state index is 0.466. The molecule has 1 unspecified atom stereocenters. The van der Waals surface area contributed by atoms with Gasteiger partial charge in [0.25, 0.3) is 0 Å². The number of ether oxygens (including phenoxy) is 1. The average Bonchev–Trinajstić information content (AvgIpc) is 3.33. The van der Waals surface area contributed by atoms with Gasteiger partial charge in [-0.15, -0.1) is 0 Å². The van der Waals surface area contributed by atoms with Crippen molar-refractivity contribution >= 4 is 44.4 Å². The molecule has 2 aromatic heterocycles. The minimum atomic E-state index is -0.564. The average molecular weight is 453 g/mol. The van der Waals surface area contributed by atoms with Crippen LogP contribution in [0.15, 0.2) is 53.1 Å². The van der Waals surface area contributed by atoms with Crippen LogP contribution in [0, 0.1) is 0 Å². The summed E-state index contributed by atoms with van der Waals surface area (Å²) in [6, 6.07) is 11.5. The van der Waals surface area contributed by atoms with Crippen molar-refractivity contribution in [1.82, 2.24) is 14.9 Å². The van der Waals surface area contributed by atoms with Crippen molar-refractivity contribution in [3.8, 4) is 5.75 Å². The van der Waals surface area contributed by atoms with Crippen LogP contribution < -0.4 is 10.1 Å². The lowest BCUT2D eigenvalue weighted by Crippen LogP contribution is -2.32. The van der Waals surface area contributed by atoms with E-state index in [2.05, 4.69) is 42.2 Å². The number of carbonyl (C=O) groups excluding carboxylic acids is 1. The lowest BCUT2D eigenvalue weighted by Gasteiger charge is -2.28. The highest BCUT2D eigenvalue weighted by Gasteiger charge is 2.28. The lowest BCUT2D eigenvalue weighted by atomic mass is 9.95. The van der Waals surface area contributed by atoms with Crippen LogP contribution >= 0.6 is 15.9 Å². The summed E-state index contributed by atoms with van der Waals surface area (Å²) in [6.45, 7) is 2.21. The summed E-state index contributed by atoms with van der Waals surface area (Å²) in [6.07, 6.45) is 7.38. The molecule has 1 atom stereocenters. The zero-order valence-electron chi connectivity index (χ0n) is 15.8. The fourth-order valence-corrected chi connectivity index (χ4v) is 4.61. The third-order valence-electron chi connectivity index (χ3n) is 5.63. The highest BCUT2D eigenvalue weighted by atomic mass is 79.9. The molecule has 1 aromatic carbocycles. The molecule has 29 heavy (non-hydrogen) atoms. The number of nitrogens with zero attached hydrogens (tertiary/aromatic N) is 2. The van der Waals surface area contributed by atoms with Crippen molar-refractivity contribution in [1.29, 1.82) is 0 Å². The van der Waals surface area contributed by atoms with Crippen LogP contribution in [-0.4, -0.2) is 40.1 Å². The number of hydrogen-bond acceptors (Lipinski definition) is 4. The van der Waals surface area contributed by atoms with Gasteiger partial charge in [-0.05, 0) is 61.7 Å². The van der Waals surface area contributed by atoms with Crippen molar-refractivity contribution in [2.75, 3.05) is 18.4 Å². The SMILES string of the molecule is O=C(Nc1ccc2[nH]cc(C3=CCN4CCCC4C3)c2n1)Oc1cccc(Br)c1. The van der Waals surface area contributed by atoms with Gasteiger partial charge in [-0.25, -0.2) is 9.78 Å². The summed E-state index contributed by atoms with van der Waals surface area (Å²) >= 11 is 3.37. The number of nitrogens with one attached hydrogen (secondary N) is 2. The molecule has 1 fully saturated rings. The Bertz CT molecular complexity index is 1110. The monoisotopic (exact) mass is 452 g/mol. The molecule has 4 heterocycles. The molecule has 3 aromatic rings. The molecule has 0 radical (unpaired) electrons. The molecular weight excluding hydrogens is 432 g/mol. The van der Waals surface area contributed by atoms with Gasteiger partial charge < -0.3 is 9.72 Å². The second-order valence-corrected chi connectivity index (χ2v) is 8.41. The van der Waals surface area contributed by atoms with Crippen LogP contribution in [0.3, 0.4) is 0 Å². The maximum Gasteiger partial charge on any atom is 0.418 e. The number of hydrogen-bond donors (Lipinski definition) is 2. The molecule has 6 nitrogen and oxygen atoms in total. The predicted octanol–water partition coefficient (Wildman–Crippen LogP) is 5.19. The largest absolute Gasteiger partial charge is 0.418 e. The Balaban J connectivity index is 1.36. The summed E-state index contributed by atoms with van der Waals surface area (Å²) in [4.78, 5) is 22.8. The summed E-state index contributed by atoms with van der Waals surface area (Å²) in [5.74, 6) is 0.936. The van der Waals surface area contributed by atoms with Crippen molar-refractivity contribution in [2.45, 2.75) is 25.3 Å². The van der Waals surface area contributed by atoms with Gasteiger partial charge in [-0.1, -0.05) is 28.1 Å². The zero-order chi connectivity index (χ0) is 19.8. The number of H-pyrrole nitrogens is 1. The van der Waals surface area contributed by atoms with E-state index in [9.17, 15) is 4.79 Å². The molecule has 0 aliphatic carbocycles. The summed E-state index contributed by atoms with van der Waals surface area (Å²) in [7, 11) is 0. The number of anilines is 1. The highest BCUT2D eigenvalue weighted by Crippen LogP contribution is 2.35. The standard InChI is InChI=1S/C22H21BrN4O2/c23-15-3-1-5-17(12-15)29-22(28)26-20-7-6-19-21(25-20)18(13-24-19)14-8-10-27-9-2-4-16(27)11-14/h1,3,5-8,12-13,16,24H,2,4,9-11H2,(H,25,26,28). The van der Waals surface area contributed by atoms with Crippen molar-refractivity contribution in [3.63, 3.8) is 0 Å². The molecule has 148 valence electrons. The molecular formula is C22H21BrN4O2. The van der Waals surface area contributed by atoms with E-state index in [0.29, 0.717) is 17.6 Å². The van der Waals surface area contributed by atoms with E-state index in [4.69, 9.17) is 4.74 Å². The molecule has 0 saturated carbocycles. The number of amides is 1. The van der Waals surface area contributed by atoms with Gasteiger partial charge in [0.15, 0.2) is 0 Å². The summed E-state index contributed by atoms with van der Waals surface area (Å²) in [5.41, 5.74) is 4.29. The van der Waals surface area contributed by atoms with Crippen LogP contribution in [0.5, 0.6) is 5.75 Å². The summed E-state index contributed by atoms with van der Waals surface area (Å²) < 4.78 is 6.19. The first-order valence-electron chi connectivity index (χ1n) is 9.82. The van der Waals surface area contributed by atoms with Gasteiger partial charge >= 0.3 is 6.09 Å². The molecule has 7 heteroatoms. The summed E-state index contributed by atoms with van der Waals surface area (Å²) in [5, 5.41) is 2.73. The smallest absolute Gasteiger partial charge is 0.410 e. The van der Waals surface area contributed by atoms with E-state index in [0.717, 1.165) is 34.0 Å². The van der Waals surface area contributed by atoms with Gasteiger partial charge in [0.05, 0.1) is 11.0 Å². The molecule has 0 spiro atoms. The second-order valence-electron chi connectivity index (χ2n) is 7.49. The first kappa shape index (κ1) is 18.4. The Labute approximate surface area is 177 Å². The van der Waals surface area contributed by atoms with E-state index < -0.39 is 6.09 Å². The molecule has 1 amide bonds. The molecule has 2 aliphatic heterocycles. The number of carbonyl (C=O) groups is 1. The quantitative estimate of drug-likeness (QED) is 0.573. The Morgan fingerprint density at radius 3 is 3.14 bits per heavy atom. The molecule has 2 N–H and O–H groups in total. The van der Waals surface area contributed by atoms with E-state index in [1.54, 1.807) is 18.2 Å². The fraction of sp³-hybridized carbons (Fsp3) is 0.273. The van der Waals surface area contributed by atoms with Gasteiger partial charge in [0.2, 0.25) is 0 Å². The number of pyridine rings is 1. The maximum absolute atomic E-state index is 12.3. The first-order chi connectivity index (χ1) is 14.2. The topological polar surface area (TPSA) is 70.2 Å². The Morgan fingerprint density at radius 1 is 1.31 bits per heavy atom. The molecule has 0 bridgehead atoms. The third kappa shape index (κ3) is 3.80. The number of benzene rings is 1. The van der Waals surface area contributed by atoms with Crippen molar-refractivity contribution < 1.29 is 9.53 Å².